The smallest absolute Gasteiger partial charge is 0.238 e. The molecule has 1 N–H and O–H groups in total. The normalized spacial score (nSPS) is 10.9. The summed E-state index contributed by atoms with van der Waals surface area (Å²) in [5.74, 6) is -0.668. The number of hydrogen-bond donors (Lipinski definition) is 1. The minimum Gasteiger partial charge on any atom is -0.322 e. The number of amides is 1. The molecule has 6 heteroatoms. The lowest BCUT2D eigenvalue weighted by Crippen LogP contribution is -2.29. The molecule has 0 aliphatic heterocycles. The van der Waals surface area contributed by atoms with Crippen LogP contribution in [0.2, 0.25) is 4.34 Å². The predicted molar refractivity (Wildman–Crippen MR) is 85.4 cm³/mol. The van der Waals surface area contributed by atoms with Gasteiger partial charge in [0.05, 0.1) is 16.6 Å². The van der Waals surface area contributed by atoms with E-state index in [1.807, 2.05) is 24.1 Å². The molecule has 0 spiro atoms. The zero-order valence-corrected chi connectivity index (χ0v) is 13.4. The van der Waals surface area contributed by atoms with Gasteiger partial charge in [-0.05, 0) is 43.8 Å². The predicted octanol–water partition coefficient (Wildman–Crippen LogP) is 3.92. The molecule has 0 bridgehead atoms. The van der Waals surface area contributed by atoms with Crippen molar-refractivity contribution >= 4 is 34.5 Å². The lowest BCUT2D eigenvalue weighted by Gasteiger charge is -2.15. The van der Waals surface area contributed by atoms with Crippen LogP contribution in [-0.4, -0.2) is 24.4 Å². The van der Waals surface area contributed by atoms with Crippen LogP contribution < -0.4 is 5.32 Å². The summed E-state index contributed by atoms with van der Waals surface area (Å²) in [5.41, 5.74) is 1.02. The maximum absolute atomic E-state index is 13.7. The molecule has 0 saturated heterocycles. The number of aryl methyl sites for hydroxylation is 1. The van der Waals surface area contributed by atoms with Gasteiger partial charge in [-0.15, -0.1) is 11.3 Å². The molecule has 1 aromatic carbocycles. The zero-order chi connectivity index (χ0) is 15.4. The van der Waals surface area contributed by atoms with Crippen LogP contribution in [0.15, 0.2) is 30.3 Å². The standard InChI is InChI=1S/C15H16ClFN2OS/c1-10-3-5-13(12(17)7-10)18-15(20)9-19(2)8-11-4-6-14(16)21-11/h3-7H,8-9H2,1-2H3,(H,18,20). The average Bonchev–Trinajstić information content (AvgIpc) is 2.78. The monoisotopic (exact) mass is 326 g/mol. The van der Waals surface area contributed by atoms with Crippen molar-refractivity contribution in [2.75, 3.05) is 18.9 Å². The van der Waals surface area contributed by atoms with Crippen molar-refractivity contribution < 1.29 is 9.18 Å². The van der Waals surface area contributed by atoms with Crippen molar-refractivity contribution in [2.45, 2.75) is 13.5 Å². The Kier molecular flexibility index (Phi) is 5.33. The van der Waals surface area contributed by atoms with Crippen LogP contribution in [0.1, 0.15) is 10.4 Å². The van der Waals surface area contributed by atoms with E-state index in [1.54, 1.807) is 19.1 Å². The molecular formula is C15H16ClFN2OS. The lowest BCUT2D eigenvalue weighted by atomic mass is 10.2. The van der Waals surface area contributed by atoms with E-state index in [4.69, 9.17) is 11.6 Å². The number of carbonyl (C=O) groups excluding carboxylic acids is 1. The summed E-state index contributed by atoms with van der Waals surface area (Å²) in [5, 5.41) is 2.58. The molecule has 112 valence electrons. The van der Waals surface area contributed by atoms with Crippen LogP contribution in [0, 0.1) is 12.7 Å². The highest BCUT2D eigenvalue weighted by Gasteiger charge is 2.11. The SMILES string of the molecule is Cc1ccc(NC(=O)CN(C)Cc2ccc(Cl)s2)c(F)c1. The molecule has 0 saturated carbocycles. The van der Waals surface area contributed by atoms with Gasteiger partial charge in [-0.1, -0.05) is 17.7 Å². The number of anilines is 1. The fourth-order valence-electron chi connectivity index (χ4n) is 1.92. The first-order valence-corrected chi connectivity index (χ1v) is 7.62. The van der Waals surface area contributed by atoms with Crippen LogP contribution in [0.5, 0.6) is 0 Å². The van der Waals surface area contributed by atoms with Gasteiger partial charge in [-0.2, -0.15) is 0 Å². The van der Waals surface area contributed by atoms with Gasteiger partial charge in [-0.25, -0.2) is 4.39 Å². The summed E-state index contributed by atoms with van der Waals surface area (Å²) in [6.45, 7) is 2.61. The van der Waals surface area contributed by atoms with E-state index in [0.29, 0.717) is 6.54 Å². The van der Waals surface area contributed by atoms with Crippen LogP contribution >= 0.6 is 22.9 Å². The third kappa shape index (κ3) is 4.81. The number of likely N-dealkylation sites (N-methyl/N-ethyl adjacent to an activating group) is 1. The Labute approximate surface area is 132 Å². The Balaban J connectivity index is 1.89. The summed E-state index contributed by atoms with van der Waals surface area (Å²) < 4.78 is 14.4. The first-order chi connectivity index (χ1) is 9.94. The summed E-state index contributed by atoms with van der Waals surface area (Å²) in [6, 6.07) is 8.49. The molecule has 0 fully saturated rings. The van der Waals surface area contributed by atoms with E-state index in [2.05, 4.69) is 5.32 Å². The highest BCUT2D eigenvalue weighted by atomic mass is 35.5. The maximum Gasteiger partial charge on any atom is 0.238 e. The molecule has 1 aromatic heterocycles. The van der Waals surface area contributed by atoms with Crippen molar-refractivity contribution in [3.63, 3.8) is 0 Å². The third-order valence-corrected chi connectivity index (χ3v) is 4.08. The Morgan fingerprint density at radius 2 is 2.14 bits per heavy atom. The van der Waals surface area contributed by atoms with Crippen molar-refractivity contribution in [1.82, 2.24) is 4.90 Å². The number of hydrogen-bond acceptors (Lipinski definition) is 3. The Morgan fingerprint density at radius 3 is 2.76 bits per heavy atom. The fourth-order valence-corrected chi connectivity index (χ4v) is 3.08. The number of benzene rings is 1. The van der Waals surface area contributed by atoms with Gasteiger partial charge in [0.1, 0.15) is 5.82 Å². The molecule has 0 radical (unpaired) electrons. The average molecular weight is 327 g/mol. The van der Waals surface area contributed by atoms with E-state index in [-0.39, 0.29) is 18.1 Å². The van der Waals surface area contributed by atoms with E-state index in [9.17, 15) is 9.18 Å². The van der Waals surface area contributed by atoms with Gasteiger partial charge >= 0.3 is 0 Å². The Hall–Kier alpha value is -1.43. The van der Waals surface area contributed by atoms with Crippen LogP contribution in [0.3, 0.4) is 0 Å². The van der Waals surface area contributed by atoms with E-state index >= 15 is 0 Å². The van der Waals surface area contributed by atoms with Crippen molar-refractivity contribution in [3.05, 3.63) is 50.9 Å². The highest BCUT2D eigenvalue weighted by Crippen LogP contribution is 2.22. The van der Waals surface area contributed by atoms with Gasteiger partial charge in [0.15, 0.2) is 0 Å². The molecular weight excluding hydrogens is 311 g/mol. The number of nitrogens with zero attached hydrogens (tertiary/aromatic N) is 1. The zero-order valence-electron chi connectivity index (χ0n) is 11.8. The number of nitrogens with one attached hydrogen (secondary N) is 1. The van der Waals surface area contributed by atoms with E-state index in [1.165, 1.54) is 17.4 Å². The third-order valence-electron chi connectivity index (χ3n) is 2.87. The van der Waals surface area contributed by atoms with Crippen LogP contribution in [0.25, 0.3) is 0 Å². The highest BCUT2D eigenvalue weighted by molar-refractivity contribution is 7.16. The first kappa shape index (κ1) is 15.9. The molecule has 1 amide bonds. The summed E-state index contributed by atoms with van der Waals surface area (Å²) >= 11 is 7.35. The molecule has 0 atom stereocenters. The van der Waals surface area contributed by atoms with Crippen molar-refractivity contribution in [1.29, 1.82) is 0 Å². The molecule has 0 aliphatic rings. The van der Waals surface area contributed by atoms with Gasteiger partial charge in [0.2, 0.25) is 5.91 Å². The quantitative estimate of drug-likeness (QED) is 0.903. The molecule has 0 unspecified atom stereocenters. The molecule has 3 nitrogen and oxygen atoms in total. The first-order valence-electron chi connectivity index (χ1n) is 6.43. The minimum atomic E-state index is -0.420. The summed E-state index contributed by atoms with van der Waals surface area (Å²) in [7, 11) is 1.83. The molecule has 0 aliphatic carbocycles. The second kappa shape index (κ2) is 7.02. The number of carbonyl (C=O) groups is 1. The summed E-state index contributed by atoms with van der Waals surface area (Å²) in [6.07, 6.45) is 0. The molecule has 2 rings (SSSR count). The second-order valence-corrected chi connectivity index (χ2v) is 6.71. The summed E-state index contributed by atoms with van der Waals surface area (Å²) in [4.78, 5) is 14.8. The van der Waals surface area contributed by atoms with Gasteiger partial charge in [-0.3, -0.25) is 9.69 Å². The molecule has 21 heavy (non-hydrogen) atoms. The Bertz CT molecular complexity index is 644. The van der Waals surface area contributed by atoms with Crippen molar-refractivity contribution in [3.8, 4) is 0 Å². The molecule has 2 aromatic rings. The topological polar surface area (TPSA) is 32.3 Å². The van der Waals surface area contributed by atoms with Gasteiger partial charge < -0.3 is 5.32 Å². The van der Waals surface area contributed by atoms with Gasteiger partial charge in [0, 0.05) is 11.4 Å². The van der Waals surface area contributed by atoms with Crippen LogP contribution in [0.4, 0.5) is 10.1 Å². The number of thiophene rings is 1. The van der Waals surface area contributed by atoms with E-state index < -0.39 is 5.82 Å². The second-order valence-electron chi connectivity index (χ2n) is 4.91. The number of halogens is 2. The lowest BCUT2D eigenvalue weighted by molar-refractivity contribution is -0.117. The number of rotatable bonds is 5. The fraction of sp³-hybridized carbons (Fsp3) is 0.267. The molecule has 1 heterocycles. The minimum absolute atomic E-state index is 0.183. The van der Waals surface area contributed by atoms with E-state index in [0.717, 1.165) is 14.8 Å². The van der Waals surface area contributed by atoms with Gasteiger partial charge in [0.25, 0.3) is 0 Å². The largest absolute Gasteiger partial charge is 0.322 e. The maximum atomic E-state index is 13.7. The van der Waals surface area contributed by atoms with Crippen molar-refractivity contribution in [2.24, 2.45) is 0 Å². The van der Waals surface area contributed by atoms with Crippen LogP contribution in [-0.2, 0) is 11.3 Å². The Morgan fingerprint density at radius 1 is 1.38 bits per heavy atom.